The zero-order valence-electron chi connectivity index (χ0n) is 9.41. The van der Waals surface area contributed by atoms with Gasteiger partial charge < -0.3 is 14.6 Å². The predicted octanol–water partition coefficient (Wildman–Crippen LogP) is 1.23. The lowest BCUT2D eigenvalue weighted by atomic mass is 10.4. The monoisotopic (exact) mass is 218 g/mol. The van der Waals surface area contributed by atoms with Crippen molar-refractivity contribution in [1.29, 1.82) is 0 Å². The van der Waals surface area contributed by atoms with Crippen LogP contribution in [0.3, 0.4) is 0 Å². The van der Waals surface area contributed by atoms with Gasteiger partial charge in [-0.2, -0.15) is 0 Å². The molecule has 0 atom stereocenters. The maximum absolute atomic E-state index is 9.82. The summed E-state index contributed by atoms with van der Waals surface area (Å²) >= 11 is 0. The van der Waals surface area contributed by atoms with E-state index in [4.69, 9.17) is 5.11 Å². The summed E-state index contributed by atoms with van der Waals surface area (Å²) < 4.78 is 8.90. The molecule has 1 aliphatic heterocycles. The lowest BCUT2D eigenvalue weighted by Crippen LogP contribution is -1.95. The molecular weight excluding hydrogens is 200 g/mol. The predicted molar refractivity (Wildman–Crippen MR) is 55.6 cm³/mol. The van der Waals surface area contributed by atoms with Gasteiger partial charge in [-0.3, -0.25) is 4.79 Å². The van der Waals surface area contributed by atoms with Crippen molar-refractivity contribution in [2.45, 2.75) is 20.8 Å². The van der Waals surface area contributed by atoms with Crippen molar-refractivity contribution in [1.82, 2.24) is 0 Å². The van der Waals surface area contributed by atoms with Gasteiger partial charge in [-0.15, -0.1) is 0 Å². The van der Waals surface area contributed by atoms with Crippen LogP contribution in [0.2, 0.25) is 0 Å². The molecule has 0 spiro atoms. The van der Waals surface area contributed by atoms with Crippen molar-refractivity contribution in [2.75, 3.05) is 19.8 Å². The molecule has 1 heterocycles. The third-order valence-electron chi connectivity index (χ3n) is 0.917. The van der Waals surface area contributed by atoms with E-state index >= 15 is 0 Å². The Morgan fingerprint density at radius 3 is 1.73 bits per heavy atom. The second kappa shape index (κ2) is 10.7. The van der Waals surface area contributed by atoms with Gasteiger partial charge in [-0.25, -0.2) is 4.79 Å². The first-order valence-electron chi connectivity index (χ1n) is 4.51. The summed E-state index contributed by atoms with van der Waals surface area (Å²) in [5, 5.41) is 7.89. The molecule has 1 aliphatic rings. The highest BCUT2D eigenvalue weighted by Crippen LogP contribution is 1.84. The fourth-order valence-corrected chi connectivity index (χ4v) is 0.203. The molecule has 5 nitrogen and oxygen atoms in total. The summed E-state index contributed by atoms with van der Waals surface area (Å²) in [6.45, 7) is 10.3. The van der Waals surface area contributed by atoms with E-state index in [1.165, 1.54) is 13.8 Å². The fourth-order valence-electron chi connectivity index (χ4n) is 0.203. The van der Waals surface area contributed by atoms with Crippen molar-refractivity contribution in [2.24, 2.45) is 0 Å². The van der Waals surface area contributed by atoms with E-state index in [1.54, 1.807) is 6.92 Å². The van der Waals surface area contributed by atoms with E-state index in [-0.39, 0.29) is 11.5 Å². The third-order valence-corrected chi connectivity index (χ3v) is 0.917. The Morgan fingerprint density at radius 1 is 1.40 bits per heavy atom. The molecular formula is C10H18O5. The fraction of sp³-hybridized carbons (Fsp3) is 0.600. The number of carbonyl (C=O) groups is 2. The summed E-state index contributed by atoms with van der Waals surface area (Å²) in [5.41, 5.74) is 0.176. The van der Waals surface area contributed by atoms with Crippen LogP contribution in [0, 0.1) is 0 Å². The molecule has 0 aromatic rings. The first-order valence-corrected chi connectivity index (χ1v) is 4.51. The standard InChI is InChI=1S/C4H8O2.C4H6O2.C2H4O/c1-3-6-4(2)5;1-3(2)4(5)6;1-2-3-1/h3H2,1-2H3;1H2,2H3,(H,5,6);1-2H2. The second-order valence-corrected chi connectivity index (χ2v) is 2.62. The summed E-state index contributed by atoms with van der Waals surface area (Å²) in [6, 6.07) is 0. The minimum absolute atomic E-state index is 0.176. The third kappa shape index (κ3) is 32.5. The van der Waals surface area contributed by atoms with Gasteiger partial charge in [0.05, 0.1) is 19.8 Å². The van der Waals surface area contributed by atoms with Crippen LogP contribution in [-0.2, 0) is 19.1 Å². The number of ether oxygens (including phenoxy) is 2. The molecule has 1 rings (SSSR count). The highest BCUT2D eigenvalue weighted by molar-refractivity contribution is 5.84. The number of epoxide rings is 1. The van der Waals surface area contributed by atoms with Crippen LogP contribution in [0.5, 0.6) is 0 Å². The lowest BCUT2D eigenvalue weighted by Gasteiger charge is -1.89. The van der Waals surface area contributed by atoms with Crippen LogP contribution in [0.1, 0.15) is 20.8 Å². The van der Waals surface area contributed by atoms with Crippen LogP contribution in [-0.4, -0.2) is 36.9 Å². The molecule has 0 bridgehead atoms. The number of carboxylic acid groups (broad SMARTS) is 1. The van der Waals surface area contributed by atoms with E-state index in [0.29, 0.717) is 6.61 Å². The smallest absolute Gasteiger partial charge is 0.330 e. The minimum atomic E-state index is -0.935. The lowest BCUT2D eigenvalue weighted by molar-refractivity contribution is -0.140. The molecule has 15 heavy (non-hydrogen) atoms. The number of hydrogen-bond acceptors (Lipinski definition) is 4. The van der Waals surface area contributed by atoms with E-state index in [0.717, 1.165) is 13.2 Å². The first-order chi connectivity index (χ1) is 6.91. The van der Waals surface area contributed by atoms with Crippen LogP contribution >= 0.6 is 0 Å². The van der Waals surface area contributed by atoms with Crippen molar-refractivity contribution < 1.29 is 24.2 Å². The molecule has 0 saturated carbocycles. The molecule has 0 unspecified atom stereocenters. The van der Waals surface area contributed by atoms with Crippen molar-refractivity contribution in [3.63, 3.8) is 0 Å². The number of rotatable bonds is 2. The highest BCUT2D eigenvalue weighted by atomic mass is 16.6. The van der Waals surface area contributed by atoms with Crippen LogP contribution < -0.4 is 0 Å². The average Bonchev–Trinajstić information content (AvgIpc) is 2.89. The molecule has 1 saturated heterocycles. The highest BCUT2D eigenvalue weighted by Gasteiger charge is 1.94. The van der Waals surface area contributed by atoms with E-state index in [1.807, 2.05) is 0 Å². The number of carbonyl (C=O) groups excluding carboxylic acids is 1. The average molecular weight is 218 g/mol. The molecule has 5 heteroatoms. The molecule has 88 valence electrons. The van der Waals surface area contributed by atoms with Gasteiger partial charge in [-0.05, 0) is 13.8 Å². The SMILES string of the molecule is C1CO1.C=C(C)C(=O)O.CCOC(C)=O. The Morgan fingerprint density at radius 2 is 1.73 bits per heavy atom. The summed E-state index contributed by atoms with van der Waals surface area (Å²) in [7, 11) is 0. The van der Waals surface area contributed by atoms with Crippen LogP contribution in [0.4, 0.5) is 0 Å². The van der Waals surface area contributed by atoms with E-state index in [2.05, 4.69) is 16.1 Å². The zero-order valence-corrected chi connectivity index (χ0v) is 9.41. The number of hydrogen-bond donors (Lipinski definition) is 1. The van der Waals surface area contributed by atoms with Gasteiger partial charge in [0.1, 0.15) is 0 Å². The van der Waals surface area contributed by atoms with Crippen molar-refractivity contribution in [3.8, 4) is 0 Å². The molecule has 1 fully saturated rings. The summed E-state index contributed by atoms with van der Waals surface area (Å²) in [4.78, 5) is 19.4. The number of esters is 1. The number of aliphatic carboxylic acids is 1. The molecule has 0 aromatic heterocycles. The van der Waals surface area contributed by atoms with Gasteiger partial charge in [0, 0.05) is 12.5 Å². The Kier molecular flexibility index (Phi) is 11.5. The normalized spacial score (nSPS) is 10.9. The van der Waals surface area contributed by atoms with Gasteiger partial charge in [0.25, 0.3) is 0 Å². The van der Waals surface area contributed by atoms with Crippen LogP contribution in [0.15, 0.2) is 12.2 Å². The Labute approximate surface area is 89.7 Å². The molecule has 1 N–H and O–H groups in total. The Hall–Kier alpha value is -1.36. The van der Waals surface area contributed by atoms with Gasteiger partial charge >= 0.3 is 11.9 Å². The molecule has 0 radical (unpaired) electrons. The summed E-state index contributed by atoms with van der Waals surface area (Å²) in [6.07, 6.45) is 0. The minimum Gasteiger partial charge on any atom is -0.478 e. The molecule has 0 amide bonds. The quantitative estimate of drug-likeness (QED) is 0.428. The topological polar surface area (TPSA) is 76.1 Å². The second-order valence-electron chi connectivity index (χ2n) is 2.62. The van der Waals surface area contributed by atoms with Crippen molar-refractivity contribution >= 4 is 11.9 Å². The zero-order chi connectivity index (χ0) is 12.3. The first kappa shape index (κ1) is 16.1. The van der Waals surface area contributed by atoms with Gasteiger partial charge in [0.15, 0.2) is 0 Å². The maximum Gasteiger partial charge on any atom is 0.330 e. The maximum atomic E-state index is 9.82. The van der Waals surface area contributed by atoms with E-state index < -0.39 is 5.97 Å². The largest absolute Gasteiger partial charge is 0.478 e. The molecule has 0 aromatic carbocycles. The number of carboxylic acids is 1. The Balaban J connectivity index is 0. The summed E-state index contributed by atoms with van der Waals surface area (Å²) in [5.74, 6) is -1.15. The van der Waals surface area contributed by atoms with Crippen molar-refractivity contribution in [3.05, 3.63) is 12.2 Å². The van der Waals surface area contributed by atoms with Gasteiger partial charge in [0.2, 0.25) is 0 Å². The van der Waals surface area contributed by atoms with Gasteiger partial charge in [-0.1, -0.05) is 6.58 Å². The Bertz CT molecular complexity index is 193. The van der Waals surface area contributed by atoms with E-state index in [9.17, 15) is 9.59 Å². The molecule has 0 aliphatic carbocycles. The van der Waals surface area contributed by atoms with Crippen LogP contribution in [0.25, 0.3) is 0 Å².